The Hall–Kier alpha value is -0.850. The summed E-state index contributed by atoms with van der Waals surface area (Å²) in [7, 11) is -3.17. The molecule has 0 aromatic carbocycles. The molecule has 0 aliphatic heterocycles. The summed E-state index contributed by atoms with van der Waals surface area (Å²) in [5.74, 6) is 0. The molecule has 0 radical (unpaired) electrons. The van der Waals surface area contributed by atoms with E-state index in [0.717, 1.165) is 19.5 Å². The molecule has 0 bridgehead atoms. The molecule has 2 N–H and O–H groups in total. The van der Waals surface area contributed by atoms with E-state index in [0.29, 0.717) is 6.54 Å². The second kappa shape index (κ2) is 6.54. The number of nitrogens with zero attached hydrogens (tertiary/aromatic N) is 1. The lowest BCUT2D eigenvalue weighted by Crippen LogP contribution is -2.49. The molecule has 19 heavy (non-hydrogen) atoms. The van der Waals surface area contributed by atoms with Crippen LogP contribution >= 0.6 is 0 Å². The monoisotopic (exact) mass is 287 g/mol. The van der Waals surface area contributed by atoms with E-state index in [1.165, 1.54) is 11.8 Å². The van der Waals surface area contributed by atoms with Crippen molar-refractivity contribution >= 4 is 10.0 Å². The normalized spacial score (nSPS) is 12.8. The zero-order valence-corrected chi connectivity index (χ0v) is 13.0. The van der Waals surface area contributed by atoms with Gasteiger partial charge in [-0.2, -0.15) is 0 Å². The molecule has 0 saturated heterocycles. The summed E-state index contributed by atoms with van der Waals surface area (Å²) in [6.45, 7) is 8.23. The third-order valence-electron chi connectivity index (χ3n) is 2.65. The van der Waals surface area contributed by atoms with Gasteiger partial charge in [0.05, 0.1) is 6.26 Å². The fraction of sp³-hybridized carbons (Fsp3) is 0.692. The largest absolute Gasteiger partial charge is 0.354 e. The molecule has 0 aliphatic rings. The van der Waals surface area contributed by atoms with Crippen molar-refractivity contribution in [3.05, 3.63) is 24.0 Å². The first-order valence-corrected chi connectivity index (χ1v) is 8.45. The van der Waals surface area contributed by atoms with E-state index in [1.54, 1.807) is 0 Å². The van der Waals surface area contributed by atoms with Gasteiger partial charge >= 0.3 is 0 Å². The summed E-state index contributed by atoms with van der Waals surface area (Å²) < 4.78 is 27.2. The maximum atomic E-state index is 11.2. The van der Waals surface area contributed by atoms with Gasteiger partial charge in [-0.1, -0.05) is 6.92 Å². The Bertz CT molecular complexity index is 492. The maximum Gasteiger partial charge on any atom is 0.209 e. The van der Waals surface area contributed by atoms with Crippen molar-refractivity contribution < 1.29 is 8.42 Å². The molecule has 0 saturated carbocycles. The van der Waals surface area contributed by atoms with Gasteiger partial charge in [0.1, 0.15) is 0 Å². The van der Waals surface area contributed by atoms with Crippen LogP contribution in [0.4, 0.5) is 0 Å². The molecular formula is C13H25N3O2S. The van der Waals surface area contributed by atoms with Crippen LogP contribution in [0.15, 0.2) is 18.5 Å². The van der Waals surface area contributed by atoms with Crippen LogP contribution in [-0.4, -0.2) is 31.3 Å². The predicted molar refractivity (Wildman–Crippen MR) is 78.5 cm³/mol. The van der Waals surface area contributed by atoms with E-state index in [2.05, 4.69) is 40.0 Å². The SMILES string of the molecule is CCCn1ccc(CNCC(C)(C)NS(C)(=O)=O)c1. The van der Waals surface area contributed by atoms with Gasteiger partial charge in [-0.25, -0.2) is 13.1 Å². The zero-order chi connectivity index (χ0) is 14.5. The molecule has 0 aliphatic carbocycles. The first-order chi connectivity index (χ1) is 8.72. The summed E-state index contributed by atoms with van der Waals surface area (Å²) in [6, 6.07) is 2.08. The first-order valence-electron chi connectivity index (χ1n) is 6.56. The Morgan fingerprint density at radius 2 is 2.05 bits per heavy atom. The number of hydrogen-bond donors (Lipinski definition) is 2. The van der Waals surface area contributed by atoms with Crippen LogP contribution < -0.4 is 10.0 Å². The Morgan fingerprint density at radius 3 is 2.63 bits per heavy atom. The van der Waals surface area contributed by atoms with Gasteiger partial charge < -0.3 is 9.88 Å². The Kier molecular flexibility index (Phi) is 5.58. The molecule has 110 valence electrons. The number of rotatable bonds is 8. The van der Waals surface area contributed by atoms with Crippen molar-refractivity contribution in [1.82, 2.24) is 14.6 Å². The average molecular weight is 287 g/mol. The minimum atomic E-state index is -3.17. The maximum absolute atomic E-state index is 11.2. The molecule has 0 spiro atoms. The second-order valence-corrected chi connectivity index (χ2v) is 7.37. The number of nitrogens with one attached hydrogen (secondary N) is 2. The summed E-state index contributed by atoms with van der Waals surface area (Å²) in [5, 5.41) is 3.28. The Balaban J connectivity index is 2.40. The van der Waals surface area contributed by atoms with Crippen LogP contribution in [0, 0.1) is 0 Å². The number of aromatic nitrogens is 1. The number of aryl methyl sites for hydroxylation is 1. The molecule has 0 fully saturated rings. The van der Waals surface area contributed by atoms with E-state index < -0.39 is 15.6 Å². The van der Waals surface area contributed by atoms with E-state index in [-0.39, 0.29) is 0 Å². The van der Waals surface area contributed by atoms with Crippen molar-refractivity contribution in [2.75, 3.05) is 12.8 Å². The topological polar surface area (TPSA) is 63.1 Å². The lowest BCUT2D eigenvalue weighted by Gasteiger charge is -2.25. The fourth-order valence-electron chi connectivity index (χ4n) is 2.05. The van der Waals surface area contributed by atoms with Crippen LogP contribution in [0.5, 0.6) is 0 Å². The molecule has 1 rings (SSSR count). The molecule has 0 amide bonds. The van der Waals surface area contributed by atoms with Crippen LogP contribution in [0.2, 0.25) is 0 Å². The van der Waals surface area contributed by atoms with Gasteiger partial charge in [-0.05, 0) is 31.9 Å². The summed E-state index contributed by atoms with van der Waals surface area (Å²) in [4.78, 5) is 0. The number of sulfonamides is 1. The highest BCUT2D eigenvalue weighted by atomic mass is 32.2. The fourth-order valence-corrected chi connectivity index (χ4v) is 3.13. The molecule has 1 aromatic heterocycles. The third kappa shape index (κ3) is 6.75. The van der Waals surface area contributed by atoms with Crippen LogP contribution in [0.25, 0.3) is 0 Å². The summed E-state index contributed by atoms with van der Waals surface area (Å²) in [5.41, 5.74) is 0.725. The van der Waals surface area contributed by atoms with Gasteiger partial charge in [-0.3, -0.25) is 0 Å². The summed E-state index contributed by atoms with van der Waals surface area (Å²) in [6.07, 6.45) is 6.49. The highest BCUT2D eigenvalue weighted by Gasteiger charge is 2.21. The Labute approximate surface area is 116 Å². The molecular weight excluding hydrogens is 262 g/mol. The summed E-state index contributed by atoms with van der Waals surface area (Å²) >= 11 is 0. The lowest BCUT2D eigenvalue weighted by atomic mass is 10.1. The van der Waals surface area contributed by atoms with E-state index in [4.69, 9.17) is 0 Å². The highest BCUT2D eigenvalue weighted by molar-refractivity contribution is 7.88. The molecule has 0 unspecified atom stereocenters. The first kappa shape index (κ1) is 16.2. The van der Waals surface area contributed by atoms with E-state index >= 15 is 0 Å². The van der Waals surface area contributed by atoms with Gasteiger partial charge in [0.25, 0.3) is 0 Å². The molecule has 5 nitrogen and oxygen atoms in total. The third-order valence-corrected chi connectivity index (χ3v) is 3.57. The van der Waals surface area contributed by atoms with Gasteiger partial charge in [-0.15, -0.1) is 0 Å². The predicted octanol–water partition coefficient (Wildman–Crippen LogP) is 1.32. The van der Waals surface area contributed by atoms with Crippen LogP contribution in [0.3, 0.4) is 0 Å². The Morgan fingerprint density at radius 1 is 1.37 bits per heavy atom. The van der Waals surface area contributed by atoms with E-state index in [9.17, 15) is 8.42 Å². The molecule has 1 aromatic rings. The molecule has 0 atom stereocenters. The van der Waals surface area contributed by atoms with Gasteiger partial charge in [0.2, 0.25) is 10.0 Å². The van der Waals surface area contributed by atoms with Crippen LogP contribution in [-0.2, 0) is 23.1 Å². The quantitative estimate of drug-likeness (QED) is 0.758. The minimum Gasteiger partial charge on any atom is -0.354 e. The number of hydrogen-bond acceptors (Lipinski definition) is 3. The average Bonchev–Trinajstić information content (AvgIpc) is 2.62. The van der Waals surface area contributed by atoms with E-state index in [1.807, 2.05) is 13.8 Å². The van der Waals surface area contributed by atoms with Crippen molar-refractivity contribution in [2.45, 2.75) is 45.8 Å². The minimum absolute atomic E-state index is 0.487. The molecule has 6 heteroatoms. The highest BCUT2D eigenvalue weighted by Crippen LogP contribution is 2.05. The van der Waals surface area contributed by atoms with Gasteiger partial charge in [0, 0.05) is 37.6 Å². The van der Waals surface area contributed by atoms with Crippen molar-refractivity contribution in [3.8, 4) is 0 Å². The van der Waals surface area contributed by atoms with Gasteiger partial charge in [0.15, 0.2) is 0 Å². The van der Waals surface area contributed by atoms with Crippen molar-refractivity contribution in [3.63, 3.8) is 0 Å². The van der Waals surface area contributed by atoms with Crippen molar-refractivity contribution in [1.29, 1.82) is 0 Å². The second-order valence-electron chi connectivity index (χ2n) is 5.62. The lowest BCUT2D eigenvalue weighted by molar-refractivity contribution is 0.421. The smallest absolute Gasteiger partial charge is 0.209 e. The standard InChI is InChI=1S/C13H25N3O2S/c1-5-7-16-8-6-12(10-16)9-14-11-13(2,3)15-19(4,17)18/h6,8,10,14-15H,5,7,9,11H2,1-4H3. The van der Waals surface area contributed by atoms with Crippen LogP contribution in [0.1, 0.15) is 32.8 Å². The molecule has 1 heterocycles. The van der Waals surface area contributed by atoms with Crippen molar-refractivity contribution in [2.24, 2.45) is 0 Å². The zero-order valence-electron chi connectivity index (χ0n) is 12.2.